The summed E-state index contributed by atoms with van der Waals surface area (Å²) in [6.07, 6.45) is 1.64. The number of para-hydroxylation sites is 2. The third-order valence-electron chi connectivity index (χ3n) is 3.05. The van der Waals surface area contributed by atoms with Crippen molar-refractivity contribution in [2.75, 3.05) is 5.43 Å². The normalized spacial score (nSPS) is 11.8. The average Bonchev–Trinajstić information content (AvgIpc) is 2.40. The summed E-state index contributed by atoms with van der Waals surface area (Å²) in [5.74, 6) is 0.290. The first-order valence-electron chi connectivity index (χ1n) is 6.65. The number of nitrogens with one attached hydrogen (secondary N) is 1. The van der Waals surface area contributed by atoms with Gasteiger partial charge in [0.1, 0.15) is 5.75 Å². The van der Waals surface area contributed by atoms with Crippen LogP contribution in [0.1, 0.15) is 31.9 Å². The SMILES string of the molecule is CC(C)(C)c1cccc(C=NNc2ccccc2)c1O. The van der Waals surface area contributed by atoms with Crippen LogP contribution in [0.4, 0.5) is 5.69 Å². The van der Waals surface area contributed by atoms with E-state index in [1.807, 2.05) is 48.5 Å². The van der Waals surface area contributed by atoms with Crippen LogP contribution in [0, 0.1) is 0 Å². The van der Waals surface area contributed by atoms with Crippen LogP contribution in [-0.2, 0) is 5.41 Å². The second kappa shape index (κ2) is 5.78. The van der Waals surface area contributed by atoms with Crippen molar-refractivity contribution in [1.82, 2.24) is 0 Å². The molecule has 0 bridgehead atoms. The smallest absolute Gasteiger partial charge is 0.128 e. The molecule has 0 atom stereocenters. The van der Waals surface area contributed by atoms with Gasteiger partial charge in [0.2, 0.25) is 0 Å². The van der Waals surface area contributed by atoms with E-state index < -0.39 is 0 Å². The van der Waals surface area contributed by atoms with Crippen LogP contribution >= 0.6 is 0 Å². The van der Waals surface area contributed by atoms with Gasteiger partial charge >= 0.3 is 0 Å². The lowest BCUT2D eigenvalue weighted by Crippen LogP contribution is -2.11. The van der Waals surface area contributed by atoms with Crippen LogP contribution in [0.3, 0.4) is 0 Å². The molecule has 0 heterocycles. The lowest BCUT2D eigenvalue weighted by atomic mass is 9.85. The Morgan fingerprint density at radius 3 is 2.35 bits per heavy atom. The number of benzene rings is 2. The maximum atomic E-state index is 10.3. The molecule has 0 fully saturated rings. The first-order chi connectivity index (χ1) is 9.48. The average molecular weight is 268 g/mol. The van der Waals surface area contributed by atoms with Gasteiger partial charge < -0.3 is 5.11 Å². The Labute approximate surface area is 120 Å². The minimum Gasteiger partial charge on any atom is -0.507 e. The molecule has 20 heavy (non-hydrogen) atoms. The number of anilines is 1. The standard InChI is InChI=1S/C17H20N2O/c1-17(2,3)15-11-7-8-13(16(15)20)12-18-19-14-9-5-4-6-10-14/h4-12,19-20H,1-3H3. The van der Waals surface area contributed by atoms with Crippen molar-refractivity contribution >= 4 is 11.9 Å². The van der Waals surface area contributed by atoms with Crippen molar-refractivity contribution < 1.29 is 5.11 Å². The van der Waals surface area contributed by atoms with Crippen molar-refractivity contribution in [2.45, 2.75) is 26.2 Å². The molecule has 2 aromatic rings. The van der Waals surface area contributed by atoms with Crippen molar-refractivity contribution in [1.29, 1.82) is 0 Å². The molecule has 3 heteroatoms. The lowest BCUT2D eigenvalue weighted by Gasteiger charge is -2.21. The highest BCUT2D eigenvalue weighted by atomic mass is 16.3. The molecule has 0 unspecified atom stereocenters. The maximum Gasteiger partial charge on any atom is 0.128 e. The largest absolute Gasteiger partial charge is 0.507 e. The Kier molecular flexibility index (Phi) is 4.08. The van der Waals surface area contributed by atoms with E-state index in [9.17, 15) is 5.11 Å². The minimum absolute atomic E-state index is 0.0964. The number of hydrazone groups is 1. The van der Waals surface area contributed by atoms with E-state index in [-0.39, 0.29) is 5.41 Å². The Morgan fingerprint density at radius 2 is 1.70 bits per heavy atom. The van der Waals surface area contributed by atoms with E-state index in [1.165, 1.54) is 0 Å². The highest BCUT2D eigenvalue weighted by Gasteiger charge is 2.18. The number of nitrogens with zero attached hydrogens (tertiary/aromatic N) is 1. The van der Waals surface area contributed by atoms with Gasteiger partial charge in [-0.3, -0.25) is 5.43 Å². The number of rotatable bonds is 3. The number of phenols is 1. The molecule has 104 valence electrons. The van der Waals surface area contributed by atoms with Crippen LogP contribution in [0.2, 0.25) is 0 Å². The molecule has 3 nitrogen and oxygen atoms in total. The molecular weight excluding hydrogens is 248 g/mol. The van der Waals surface area contributed by atoms with E-state index in [4.69, 9.17) is 0 Å². The van der Waals surface area contributed by atoms with Crippen LogP contribution in [-0.4, -0.2) is 11.3 Å². The molecule has 2 aromatic carbocycles. The first kappa shape index (κ1) is 14.1. The van der Waals surface area contributed by atoms with E-state index >= 15 is 0 Å². The fourth-order valence-electron chi connectivity index (χ4n) is 1.96. The van der Waals surface area contributed by atoms with Gasteiger partial charge in [-0.25, -0.2) is 0 Å². The summed E-state index contributed by atoms with van der Waals surface area (Å²) >= 11 is 0. The highest BCUT2D eigenvalue weighted by molar-refractivity contribution is 5.84. The quantitative estimate of drug-likeness (QED) is 0.649. The maximum absolute atomic E-state index is 10.3. The zero-order chi connectivity index (χ0) is 14.6. The monoisotopic (exact) mass is 268 g/mol. The van der Waals surface area contributed by atoms with E-state index in [0.29, 0.717) is 11.3 Å². The van der Waals surface area contributed by atoms with Crippen molar-refractivity contribution in [3.05, 3.63) is 59.7 Å². The summed E-state index contributed by atoms with van der Waals surface area (Å²) in [6, 6.07) is 15.4. The van der Waals surface area contributed by atoms with Crippen molar-refractivity contribution in [3.63, 3.8) is 0 Å². The Bertz CT molecular complexity index is 598. The van der Waals surface area contributed by atoms with E-state index in [0.717, 1.165) is 11.3 Å². The van der Waals surface area contributed by atoms with Gasteiger partial charge in [-0.1, -0.05) is 51.1 Å². The van der Waals surface area contributed by atoms with Gasteiger partial charge in [-0.15, -0.1) is 0 Å². The Morgan fingerprint density at radius 1 is 1.00 bits per heavy atom. The molecule has 0 amide bonds. The fourth-order valence-corrected chi connectivity index (χ4v) is 1.96. The third-order valence-corrected chi connectivity index (χ3v) is 3.05. The molecule has 0 aliphatic carbocycles. The van der Waals surface area contributed by atoms with Gasteiger partial charge in [0.15, 0.2) is 0 Å². The van der Waals surface area contributed by atoms with Gasteiger partial charge in [0, 0.05) is 5.56 Å². The summed E-state index contributed by atoms with van der Waals surface area (Å²) < 4.78 is 0. The number of aromatic hydroxyl groups is 1. The first-order valence-corrected chi connectivity index (χ1v) is 6.65. The van der Waals surface area contributed by atoms with Crippen LogP contribution < -0.4 is 5.43 Å². The molecule has 0 saturated heterocycles. The fraction of sp³-hybridized carbons (Fsp3) is 0.235. The number of phenolic OH excluding ortho intramolecular Hbond substituents is 1. The summed E-state index contributed by atoms with van der Waals surface area (Å²) in [5.41, 5.74) is 5.38. The van der Waals surface area contributed by atoms with Gasteiger partial charge in [-0.05, 0) is 29.2 Å². The van der Waals surface area contributed by atoms with Gasteiger partial charge in [0.25, 0.3) is 0 Å². The van der Waals surface area contributed by atoms with Crippen LogP contribution in [0.15, 0.2) is 53.6 Å². The number of hydrogen-bond donors (Lipinski definition) is 2. The predicted octanol–water partition coefficient (Wildman–Crippen LogP) is 4.14. The topological polar surface area (TPSA) is 44.6 Å². The zero-order valence-electron chi connectivity index (χ0n) is 12.1. The van der Waals surface area contributed by atoms with Gasteiger partial charge in [-0.2, -0.15) is 5.10 Å². The molecule has 2 rings (SSSR count). The molecule has 0 saturated carbocycles. The molecule has 2 N–H and O–H groups in total. The molecule has 0 aliphatic heterocycles. The highest BCUT2D eigenvalue weighted by Crippen LogP contribution is 2.32. The third kappa shape index (κ3) is 3.38. The molecule has 0 spiro atoms. The Hall–Kier alpha value is -2.29. The van der Waals surface area contributed by atoms with Crippen LogP contribution in [0.25, 0.3) is 0 Å². The zero-order valence-corrected chi connectivity index (χ0v) is 12.1. The van der Waals surface area contributed by atoms with E-state index in [2.05, 4.69) is 31.3 Å². The summed E-state index contributed by atoms with van der Waals surface area (Å²) in [4.78, 5) is 0. The van der Waals surface area contributed by atoms with E-state index in [1.54, 1.807) is 6.21 Å². The Balaban J connectivity index is 2.18. The second-order valence-electron chi connectivity index (χ2n) is 5.73. The molecular formula is C17H20N2O. The summed E-state index contributed by atoms with van der Waals surface area (Å²) in [6.45, 7) is 6.22. The molecule has 0 aromatic heterocycles. The number of hydrogen-bond acceptors (Lipinski definition) is 3. The lowest BCUT2D eigenvalue weighted by molar-refractivity contribution is 0.446. The molecule has 0 aliphatic rings. The van der Waals surface area contributed by atoms with Crippen LogP contribution in [0.5, 0.6) is 5.75 Å². The van der Waals surface area contributed by atoms with Crippen molar-refractivity contribution in [3.8, 4) is 5.75 Å². The summed E-state index contributed by atoms with van der Waals surface area (Å²) in [5, 5.41) is 14.5. The van der Waals surface area contributed by atoms with Gasteiger partial charge in [0.05, 0.1) is 11.9 Å². The molecule has 0 radical (unpaired) electrons. The van der Waals surface area contributed by atoms with Crippen molar-refractivity contribution in [2.24, 2.45) is 5.10 Å². The summed E-state index contributed by atoms with van der Waals surface area (Å²) in [7, 11) is 0. The second-order valence-corrected chi connectivity index (χ2v) is 5.73. The minimum atomic E-state index is -0.0964. The predicted molar refractivity (Wildman–Crippen MR) is 84.5 cm³/mol.